The Balaban J connectivity index is 1.84. The van der Waals surface area contributed by atoms with Crippen molar-refractivity contribution in [2.45, 2.75) is 0 Å². The SMILES string of the molecule is C=c1[nH]n(-c2ccc3ccccc3c2)c(=O)/c1=C/c1ccc(OC)c(OC)c1. The van der Waals surface area contributed by atoms with Crippen molar-refractivity contribution in [1.29, 1.82) is 0 Å². The lowest BCUT2D eigenvalue weighted by Crippen LogP contribution is -2.33. The molecule has 4 rings (SSSR count). The normalized spacial score (nSPS) is 11.7. The second-order valence-corrected chi connectivity index (χ2v) is 6.43. The molecule has 0 aliphatic rings. The van der Waals surface area contributed by atoms with Gasteiger partial charge in [-0.15, -0.1) is 0 Å². The van der Waals surface area contributed by atoms with E-state index in [0.717, 1.165) is 22.0 Å². The minimum absolute atomic E-state index is 0.157. The molecule has 0 saturated heterocycles. The maximum Gasteiger partial charge on any atom is 0.279 e. The topological polar surface area (TPSA) is 56.2 Å². The number of nitrogens with one attached hydrogen (secondary N) is 1. The molecule has 1 N–H and O–H groups in total. The summed E-state index contributed by atoms with van der Waals surface area (Å²) in [6.07, 6.45) is 1.79. The molecule has 3 aromatic carbocycles. The number of nitrogens with zero attached hydrogens (tertiary/aromatic N) is 1. The van der Waals surface area contributed by atoms with Gasteiger partial charge in [0.2, 0.25) is 0 Å². The van der Waals surface area contributed by atoms with Crippen LogP contribution in [-0.4, -0.2) is 24.0 Å². The number of methoxy groups -OCH3 is 2. The first-order chi connectivity index (χ1) is 13.6. The van der Waals surface area contributed by atoms with Gasteiger partial charge in [-0.3, -0.25) is 9.89 Å². The molecular weight excluding hydrogens is 352 g/mol. The van der Waals surface area contributed by atoms with E-state index in [9.17, 15) is 4.79 Å². The molecule has 1 heterocycles. The minimum atomic E-state index is -0.157. The highest BCUT2D eigenvalue weighted by Crippen LogP contribution is 2.27. The van der Waals surface area contributed by atoms with Gasteiger partial charge < -0.3 is 9.47 Å². The third-order valence-corrected chi connectivity index (χ3v) is 4.72. The molecule has 0 bridgehead atoms. The van der Waals surface area contributed by atoms with Crippen LogP contribution in [0.3, 0.4) is 0 Å². The summed E-state index contributed by atoms with van der Waals surface area (Å²) in [6.45, 7) is 4.00. The molecule has 0 spiro atoms. The smallest absolute Gasteiger partial charge is 0.279 e. The monoisotopic (exact) mass is 372 g/mol. The number of H-pyrrole nitrogens is 1. The third-order valence-electron chi connectivity index (χ3n) is 4.72. The predicted octanol–water partition coefficient (Wildman–Crippen LogP) is 2.58. The highest BCUT2D eigenvalue weighted by atomic mass is 16.5. The number of ether oxygens (including phenoxy) is 2. The van der Waals surface area contributed by atoms with E-state index in [4.69, 9.17) is 9.47 Å². The highest BCUT2D eigenvalue weighted by Gasteiger charge is 2.07. The van der Waals surface area contributed by atoms with E-state index in [0.29, 0.717) is 22.1 Å². The summed E-state index contributed by atoms with van der Waals surface area (Å²) in [5, 5.41) is 6.31. The van der Waals surface area contributed by atoms with Gasteiger partial charge in [0.15, 0.2) is 11.5 Å². The minimum Gasteiger partial charge on any atom is -0.493 e. The van der Waals surface area contributed by atoms with Crippen LogP contribution in [0.1, 0.15) is 5.56 Å². The number of rotatable bonds is 4. The molecule has 0 fully saturated rings. The summed E-state index contributed by atoms with van der Waals surface area (Å²) in [5.74, 6) is 1.24. The maximum atomic E-state index is 13.0. The quantitative estimate of drug-likeness (QED) is 0.599. The van der Waals surface area contributed by atoms with Crippen molar-refractivity contribution in [2.24, 2.45) is 0 Å². The molecule has 1 aromatic heterocycles. The fraction of sp³-hybridized carbons (Fsp3) is 0.0870. The van der Waals surface area contributed by atoms with E-state index in [1.165, 1.54) is 4.68 Å². The van der Waals surface area contributed by atoms with Crippen LogP contribution in [0.2, 0.25) is 0 Å². The van der Waals surface area contributed by atoms with Gasteiger partial charge in [0.05, 0.1) is 30.5 Å². The molecule has 0 amide bonds. The highest BCUT2D eigenvalue weighted by molar-refractivity contribution is 5.84. The number of hydrogen-bond acceptors (Lipinski definition) is 3. The fourth-order valence-corrected chi connectivity index (χ4v) is 3.25. The van der Waals surface area contributed by atoms with Gasteiger partial charge in [-0.05, 0) is 46.7 Å². The summed E-state index contributed by atoms with van der Waals surface area (Å²) in [6, 6.07) is 19.4. The van der Waals surface area contributed by atoms with Crippen LogP contribution >= 0.6 is 0 Å². The molecule has 0 aliphatic carbocycles. The van der Waals surface area contributed by atoms with Gasteiger partial charge >= 0.3 is 0 Å². The van der Waals surface area contributed by atoms with E-state index in [-0.39, 0.29) is 5.56 Å². The van der Waals surface area contributed by atoms with Gasteiger partial charge in [0.1, 0.15) is 0 Å². The molecule has 0 saturated carbocycles. The first-order valence-corrected chi connectivity index (χ1v) is 8.83. The van der Waals surface area contributed by atoms with Gasteiger partial charge in [0.25, 0.3) is 5.56 Å². The second-order valence-electron chi connectivity index (χ2n) is 6.43. The van der Waals surface area contributed by atoms with Crippen molar-refractivity contribution < 1.29 is 9.47 Å². The summed E-state index contributed by atoms with van der Waals surface area (Å²) >= 11 is 0. The van der Waals surface area contributed by atoms with Crippen LogP contribution in [0.5, 0.6) is 11.5 Å². The molecule has 5 heteroatoms. The van der Waals surface area contributed by atoms with E-state index < -0.39 is 0 Å². The largest absolute Gasteiger partial charge is 0.493 e. The summed E-state index contributed by atoms with van der Waals surface area (Å²) in [5.41, 5.74) is 1.43. The zero-order valence-electron chi connectivity index (χ0n) is 15.7. The third kappa shape index (κ3) is 3.07. The molecule has 0 atom stereocenters. The molecular formula is C23H20N2O3. The second kappa shape index (κ2) is 7.12. The van der Waals surface area contributed by atoms with Crippen molar-refractivity contribution in [1.82, 2.24) is 9.78 Å². The van der Waals surface area contributed by atoms with Crippen LogP contribution in [0.25, 0.3) is 29.1 Å². The number of fused-ring (bicyclic) bond motifs is 1. The summed E-state index contributed by atoms with van der Waals surface area (Å²) < 4.78 is 12.1. The number of benzene rings is 3. The average molecular weight is 372 g/mol. The zero-order chi connectivity index (χ0) is 19.7. The predicted molar refractivity (Wildman–Crippen MR) is 112 cm³/mol. The Morgan fingerprint density at radius 3 is 2.43 bits per heavy atom. The van der Waals surface area contributed by atoms with E-state index >= 15 is 0 Å². The molecule has 0 unspecified atom stereocenters. The molecule has 0 aliphatic heterocycles. The lowest BCUT2D eigenvalue weighted by Gasteiger charge is -2.07. The lowest BCUT2D eigenvalue weighted by molar-refractivity contribution is 0.355. The fourth-order valence-electron chi connectivity index (χ4n) is 3.25. The van der Waals surface area contributed by atoms with Crippen LogP contribution < -0.4 is 25.6 Å². The summed E-state index contributed by atoms with van der Waals surface area (Å²) in [7, 11) is 3.17. The Labute approximate surface area is 161 Å². The van der Waals surface area contributed by atoms with Gasteiger partial charge in [0, 0.05) is 0 Å². The van der Waals surface area contributed by atoms with Crippen molar-refractivity contribution >= 4 is 23.4 Å². The van der Waals surface area contributed by atoms with Crippen LogP contribution in [0.4, 0.5) is 0 Å². The van der Waals surface area contributed by atoms with E-state index in [1.807, 2.05) is 60.7 Å². The van der Waals surface area contributed by atoms with Crippen LogP contribution in [0.15, 0.2) is 65.5 Å². The van der Waals surface area contributed by atoms with Crippen molar-refractivity contribution in [3.05, 3.63) is 87.1 Å². The van der Waals surface area contributed by atoms with Crippen LogP contribution in [0, 0.1) is 0 Å². The van der Waals surface area contributed by atoms with Crippen molar-refractivity contribution in [3.63, 3.8) is 0 Å². The maximum absolute atomic E-state index is 13.0. The van der Waals surface area contributed by atoms with Crippen molar-refractivity contribution in [3.8, 4) is 17.2 Å². The Bertz CT molecular complexity index is 1330. The van der Waals surface area contributed by atoms with Gasteiger partial charge in [-0.25, -0.2) is 4.68 Å². The standard InChI is InChI=1S/C23H20N2O3/c1-15-20(12-16-8-11-21(27-2)22(13-16)28-3)23(26)25(24-15)19-10-9-17-6-4-5-7-18(17)14-19/h4-14,24H,1H2,2-3H3/b20-12+. The Morgan fingerprint density at radius 1 is 0.929 bits per heavy atom. The lowest BCUT2D eigenvalue weighted by atomic mass is 10.1. The Kier molecular flexibility index (Phi) is 4.49. The molecule has 28 heavy (non-hydrogen) atoms. The zero-order valence-corrected chi connectivity index (χ0v) is 15.7. The Hall–Kier alpha value is -3.73. The molecule has 4 aromatic rings. The number of aromatic nitrogens is 2. The Morgan fingerprint density at radius 2 is 1.68 bits per heavy atom. The summed E-state index contributed by atoms with van der Waals surface area (Å²) in [4.78, 5) is 13.0. The van der Waals surface area contributed by atoms with Crippen LogP contribution in [-0.2, 0) is 0 Å². The number of aromatic amines is 1. The van der Waals surface area contributed by atoms with Crippen molar-refractivity contribution in [2.75, 3.05) is 14.2 Å². The number of hydrogen-bond donors (Lipinski definition) is 1. The molecule has 140 valence electrons. The first-order valence-electron chi connectivity index (χ1n) is 8.83. The van der Waals surface area contributed by atoms with Gasteiger partial charge in [-0.2, -0.15) is 0 Å². The van der Waals surface area contributed by atoms with E-state index in [1.54, 1.807) is 20.3 Å². The first kappa shape index (κ1) is 17.7. The average Bonchev–Trinajstić information content (AvgIpc) is 3.01. The van der Waals surface area contributed by atoms with E-state index in [2.05, 4.69) is 11.7 Å². The molecule has 5 nitrogen and oxygen atoms in total. The molecule has 0 radical (unpaired) electrons. The van der Waals surface area contributed by atoms with Gasteiger partial charge in [-0.1, -0.05) is 43.0 Å².